The minimum absolute atomic E-state index is 0.345. The predicted octanol–water partition coefficient (Wildman–Crippen LogP) is 19.1. The largest absolute Gasteiger partial charge is 0.481 e. The topological polar surface area (TPSA) is 63.3 Å². The van der Waals surface area contributed by atoms with Crippen molar-refractivity contribution in [1.29, 1.82) is 0 Å². The molecule has 0 saturated carbocycles. The summed E-state index contributed by atoms with van der Waals surface area (Å²) >= 11 is 0. The van der Waals surface area contributed by atoms with E-state index in [2.05, 4.69) is 69.4 Å². The average molecular weight is 812 g/mol. The van der Waals surface area contributed by atoms with E-state index >= 15 is 0 Å². The average Bonchev–Trinajstić information content (AvgIpc) is 3.22. The summed E-state index contributed by atoms with van der Waals surface area (Å²) < 4.78 is 0. The second-order valence-electron chi connectivity index (χ2n) is 17.6. The fourth-order valence-electron chi connectivity index (χ4n) is 7.58. The van der Waals surface area contributed by atoms with Gasteiger partial charge >= 0.3 is 5.97 Å². The minimum atomic E-state index is -0.653. The second kappa shape index (κ2) is 55.4. The van der Waals surface area contributed by atoms with Crippen molar-refractivity contribution in [2.24, 2.45) is 5.73 Å². The van der Waals surface area contributed by atoms with Gasteiger partial charge in [-0.15, -0.1) is 0 Å². The molecule has 0 aromatic carbocycles. The molecule has 0 radical (unpaired) electrons. The molecule has 0 aliphatic rings. The van der Waals surface area contributed by atoms with E-state index in [-0.39, 0.29) is 0 Å². The number of carboxylic acids is 1. The fourth-order valence-corrected chi connectivity index (χ4v) is 7.58. The van der Waals surface area contributed by atoms with E-state index < -0.39 is 5.97 Å². The molecule has 0 bridgehead atoms. The Morgan fingerprint density at radius 1 is 0.362 bits per heavy atom. The fraction of sp³-hybridized carbons (Fsp3) is 0.836. The standard InChI is InChI=1S/C37H69N.C18H36O2/c1-3-5-7-9-11-13-15-17-19-21-23-25-27-29-31-33-35-37(38)36-34-32-30-28-26-24-22-20-18-16-14-12-10-8-6-4-2;1-2-3-4-5-6-7-8-9-10-11-12-13-14-15-16-17-18(19)20/h11-14,17-20,37H,3-10,15-16,21-36,38H2,1-2H3;2-17H2,1H3,(H,19,20)/b13-11-,14-12-,19-17-,20-18-;. The van der Waals surface area contributed by atoms with Crippen molar-refractivity contribution >= 4 is 5.97 Å². The first-order chi connectivity index (χ1) is 28.6. The molecule has 342 valence electrons. The maximum absolute atomic E-state index is 10.3. The Hall–Kier alpha value is -1.61. The SMILES string of the molecule is CCCCC/C=C\C/C=C\CCCCCCCCC(N)CCCCCCCC/C=C\C/C=C\CCCCC.CCCCCCCCCCCCCCCCCC(=O)O. The smallest absolute Gasteiger partial charge is 0.303 e. The van der Waals surface area contributed by atoms with Crippen LogP contribution in [0.5, 0.6) is 0 Å². The van der Waals surface area contributed by atoms with Gasteiger partial charge in [-0.3, -0.25) is 4.79 Å². The molecule has 0 aliphatic heterocycles. The van der Waals surface area contributed by atoms with Crippen molar-refractivity contribution in [1.82, 2.24) is 0 Å². The number of carbonyl (C=O) groups is 1. The molecular weight excluding hydrogens is 707 g/mol. The van der Waals surface area contributed by atoms with Gasteiger partial charge in [0.05, 0.1) is 0 Å². The number of unbranched alkanes of at least 4 members (excludes halogenated alkanes) is 32. The van der Waals surface area contributed by atoms with Crippen LogP contribution in [0.4, 0.5) is 0 Å². The van der Waals surface area contributed by atoms with E-state index in [9.17, 15) is 4.79 Å². The van der Waals surface area contributed by atoms with Crippen LogP contribution in [0.1, 0.15) is 290 Å². The highest BCUT2D eigenvalue weighted by molar-refractivity contribution is 5.66. The Balaban J connectivity index is 0. The number of rotatable bonds is 46. The summed E-state index contributed by atoms with van der Waals surface area (Å²) in [7, 11) is 0. The molecule has 3 N–H and O–H groups in total. The van der Waals surface area contributed by atoms with E-state index in [4.69, 9.17) is 10.8 Å². The van der Waals surface area contributed by atoms with Crippen molar-refractivity contribution in [2.45, 2.75) is 296 Å². The first-order valence-corrected chi connectivity index (χ1v) is 26.2. The zero-order valence-corrected chi connectivity index (χ0v) is 39.8. The van der Waals surface area contributed by atoms with Gasteiger partial charge in [0.2, 0.25) is 0 Å². The molecule has 3 nitrogen and oxygen atoms in total. The molecular formula is C55H105NO2. The van der Waals surface area contributed by atoms with Gasteiger partial charge in [0, 0.05) is 12.5 Å². The van der Waals surface area contributed by atoms with Crippen molar-refractivity contribution in [2.75, 3.05) is 0 Å². The highest BCUT2D eigenvalue weighted by Crippen LogP contribution is 2.16. The third-order valence-electron chi connectivity index (χ3n) is 11.5. The Labute approximate surface area is 365 Å². The summed E-state index contributed by atoms with van der Waals surface area (Å²) in [5, 5.41) is 8.52. The highest BCUT2D eigenvalue weighted by atomic mass is 16.4. The molecule has 3 heteroatoms. The van der Waals surface area contributed by atoms with Crippen LogP contribution in [-0.2, 0) is 4.79 Å². The van der Waals surface area contributed by atoms with Crippen LogP contribution in [0.3, 0.4) is 0 Å². The Morgan fingerprint density at radius 3 is 0.914 bits per heavy atom. The lowest BCUT2D eigenvalue weighted by atomic mass is 10.0. The van der Waals surface area contributed by atoms with Crippen LogP contribution >= 0.6 is 0 Å². The van der Waals surface area contributed by atoms with Gasteiger partial charge in [-0.1, -0.05) is 249 Å². The van der Waals surface area contributed by atoms with Crippen LogP contribution in [0.2, 0.25) is 0 Å². The van der Waals surface area contributed by atoms with Crippen LogP contribution in [-0.4, -0.2) is 17.1 Å². The Morgan fingerprint density at radius 2 is 0.603 bits per heavy atom. The van der Waals surface area contributed by atoms with Crippen molar-refractivity contribution in [3.63, 3.8) is 0 Å². The van der Waals surface area contributed by atoms with Gasteiger partial charge in [0.25, 0.3) is 0 Å². The van der Waals surface area contributed by atoms with Crippen molar-refractivity contribution in [3.8, 4) is 0 Å². The van der Waals surface area contributed by atoms with Gasteiger partial charge in [0.15, 0.2) is 0 Å². The molecule has 0 aromatic heterocycles. The summed E-state index contributed by atoms with van der Waals surface area (Å²) in [5.74, 6) is -0.653. The van der Waals surface area contributed by atoms with E-state index in [1.807, 2.05) is 0 Å². The summed E-state index contributed by atoms with van der Waals surface area (Å²) in [5.41, 5.74) is 6.37. The zero-order valence-electron chi connectivity index (χ0n) is 39.8. The van der Waals surface area contributed by atoms with Crippen LogP contribution in [0.25, 0.3) is 0 Å². The molecule has 0 fully saturated rings. The lowest BCUT2D eigenvalue weighted by Crippen LogP contribution is -2.19. The molecule has 0 rings (SSSR count). The van der Waals surface area contributed by atoms with Gasteiger partial charge in [-0.05, 0) is 83.5 Å². The van der Waals surface area contributed by atoms with E-state index in [0.717, 1.165) is 25.7 Å². The number of nitrogens with two attached hydrogens (primary N) is 1. The number of hydrogen-bond acceptors (Lipinski definition) is 2. The lowest BCUT2D eigenvalue weighted by molar-refractivity contribution is -0.137. The van der Waals surface area contributed by atoms with Crippen molar-refractivity contribution < 1.29 is 9.90 Å². The summed E-state index contributed by atoms with van der Waals surface area (Å²) in [4.78, 5) is 10.3. The molecule has 0 atom stereocenters. The second-order valence-corrected chi connectivity index (χ2v) is 17.6. The molecule has 0 aliphatic carbocycles. The molecule has 0 spiro atoms. The van der Waals surface area contributed by atoms with Gasteiger partial charge in [-0.25, -0.2) is 0 Å². The quantitative estimate of drug-likeness (QED) is 0.0475. The molecule has 0 aromatic rings. The molecule has 0 amide bonds. The zero-order chi connectivity index (χ0) is 42.5. The maximum Gasteiger partial charge on any atom is 0.303 e. The number of carboxylic acid groups (broad SMARTS) is 1. The van der Waals surface area contributed by atoms with Crippen molar-refractivity contribution in [3.05, 3.63) is 48.6 Å². The number of hydrogen-bond donors (Lipinski definition) is 2. The minimum Gasteiger partial charge on any atom is -0.481 e. The maximum atomic E-state index is 10.3. The first kappa shape index (κ1) is 58.5. The van der Waals surface area contributed by atoms with E-state index in [1.54, 1.807) is 0 Å². The monoisotopic (exact) mass is 812 g/mol. The molecule has 0 heterocycles. The number of aliphatic carboxylic acids is 1. The van der Waals surface area contributed by atoms with Crippen LogP contribution in [0.15, 0.2) is 48.6 Å². The van der Waals surface area contributed by atoms with E-state index in [1.165, 1.54) is 238 Å². The first-order valence-electron chi connectivity index (χ1n) is 26.2. The number of allylic oxidation sites excluding steroid dienone is 8. The van der Waals surface area contributed by atoms with Crippen LogP contribution in [0, 0.1) is 0 Å². The van der Waals surface area contributed by atoms with Gasteiger partial charge in [-0.2, -0.15) is 0 Å². The third kappa shape index (κ3) is 58.7. The third-order valence-corrected chi connectivity index (χ3v) is 11.5. The molecule has 0 unspecified atom stereocenters. The summed E-state index contributed by atoms with van der Waals surface area (Å²) in [6, 6.07) is 0.437. The van der Waals surface area contributed by atoms with Crippen LogP contribution < -0.4 is 5.73 Å². The lowest BCUT2D eigenvalue weighted by Gasteiger charge is -2.11. The normalized spacial score (nSPS) is 11.9. The highest BCUT2D eigenvalue weighted by Gasteiger charge is 2.03. The Kier molecular flexibility index (Phi) is 55.9. The molecule has 58 heavy (non-hydrogen) atoms. The summed E-state index contributed by atoms with van der Waals surface area (Å²) in [6.45, 7) is 6.80. The molecule has 0 saturated heterocycles. The summed E-state index contributed by atoms with van der Waals surface area (Å²) in [6.07, 6.45) is 73.2. The predicted molar refractivity (Wildman–Crippen MR) is 263 cm³/mol. The Bertz CT molecular complexity index is 825. The van der Waals surface area contributed by atoms with Gasteiger partial charge in [0.1, 0.15) is 0 Å². The van der Waals surface area contributed by atoms with Gasteiger partial charge < -0.3 is 10.8 Å². The van der Waals surface area contributed by atoms with E-state index in [0.29, 0.717) is 12.5 Å².